The number of aryl methyl sites for hydroxylation is 2. The van der Waals surface area contributed by atoms with E-state index in [1.807, 2.05) is 18.7 Å². The summed E-state index contributed by atoms with van der Waals surface area (Å²) in [4.78, 5) is 12.7. The zero-order valence-electron chi connectivity index (χ0n) is 14.5. The Morgan fingerprint density at radius 3 is 2.74 bits per heavy atom. The van der Waals surface area contributed by atoms with Crippen LogP contribution in [0.1, 0.15) is 49.2 Å². The first-order valence-corrected chi connectivity index (χ1v) is 8.56. The van der Waals surface area contributed by atoms with E-state index in [0.717, 1.165) is 36.2 Å². The summed E-state index contributed by atoms with van der Waals surface area (Å²) in [5.74, 6) is 0.654. The molecule has 126 valence electrons. The summed E-state index contributed by atoms with van der Waals surface area (Å²) in [5, 5.41) is 7.74. The minimum atomic E-state index is -0.0814. The van der Waals surface area contributed by atoms with Gasteiger partial charge in [-0.05, 0) is 39.0 Å². The third-order valence-corrected chi connectivity index (χ3v) is 5.36. The molecule has 1 aromatic rings. The maximum absolute atomic E-state index is 12.7. The first-order chi connectivity index (χ1) is 11.0. The van der Waals surface area contributed by atoms with E-state index in [1.54, 1.807) is 0 Å². The molecule has 2 aliphatic rings. The average Bonchev–Trinajstić information content (AvgIpc) is 3.04. The van der Waals surface area contributed by atoms with Crippen LogP contribution >= 0.6 is 0 Å². The van der Waals surface area contributed by atoms with E-state index in [0.29, 0.717) is 12.5 Å². The molecule has 1 N–H and O–H groups in total. The summed E-state index contributed by atoms with van der Waals surface area (Å²) in [6, 6.07) is 0.0437. The van der Waals surface area contributed by atoms with Crippen LogP contribution in [0, 0.1) is 25.7 Å². The minimum absolute atomic E-state index is 0.0437. The van der Waals surface area contributed by atoms with Gasteiger partial charge in [0, 0.05) is 30.8 Å². The van der Waals surface area contributed by atoms with Gasteiger partial charge >= 0.3 is 0 Å². The Bertz CT molecular complexity index is 620. The summed E-state index contributed by atoms with van der Waals surface area (Å²) in [6.07, 6.45) is 6.92. The number of hydrogen-bond donors (Lipinski definition) is 1. The SMILES string of the molecule is Cc1nn(C)c(C)c1[C@H]1OCC[C@@H]1NC(=O)[C@@H]1CC=CC[C@H]1C. The van der Waals surface area contributed by atoms with Crippen LogP contribution < -0.4 is 5.32 Å². The van der Waals surface area contributed by atoms with Crippen LogP contribution in [0.5, 0.6) is 0 Å². The Labute approximate surface area is 138 Å². The molecule has 2 heterocycles. The third-order valence-electron chi connectivity index (χ3n) is 5.36. The third kappa shape index (κ3) is 3.07. The number of amides is 1. The highest BCUT2D eigenvalue weighted by Gasteiger charge is 2.36. The van der Waals surface area contributed by atoms with Gasteiger partial charge in [0.05, 0.1) is 11.7 Å². The molecule has 0 aromatic carbocycles. The maximum Gasteiger partial charge on any atom is 0.224 e. The monoisotopic (exact) mass is 317 g/mol. The van der Waals surface area contributed by atoms with Crippen molar-refractivity contribution in [1.29, 1.82) is 0 Å². The first-order valence-electron chi connectivity index (χ1n) is 8.56. The van der Waals surface area contributed by atoms with Crippen LogP contribution in [0.4, 0.5) is 0 Å². The lowest BCUT2D eigenvalue weighted by molar-refractivity contribution is -0.127. The molecule has 5 heteroatoms. The average molecular weight is 317 g/mol. The van der Waals surface area contributed by atoms with Gasteiger partial charge in [0.15, 0.2) is 0 Å². The number of allylic oxidation sites excluding steroid dienone is 2. The lowest BCUT2D eigenvalue weighted by Gasteiger charge is -2.27. The van der Waals surface area contributed by atoms with Crippen molar-refractivity contribution >= 4 is 5.91 Å². The topological polar surface area (TPSA) is 56.1 Å². The second-order valence-corrected chi connectivity index (χ2v) is 6.93. The molecule has 0 radical (unpaired) electrons. The molecular weight excluding hydrogens is 290 g/mol. The quantitative estimate of drug-likeness (QED) is 0.872. The fourth-order valence-corrected chi connectivity index (χ4v) is 3.83. The number of hydrogen-bond acceptors (Lipinski definition) is 3. The summed E-state index contributed by atoms with van der Waals surface area (Å²) < 4.78 is 7.85. The smallest absolute Gasteiger partial charge is 0.224 e. The first kappa shape index (κ1) is 16.2. The minimum Gasteiger partial charge on any atom is -0.371 e. The highest BCUT2D eigenvalue weighted by molar-refractivity contribution is 5.79. The molecule has 0 bridgehead atoms. The lowest BCUT2D eigenvalue weighted by Crippen LogP contribution is -2.42. The zero-order valence-corrected chi connectivity index (χ0v) is 14.5. The van der Waals surface area contributed by atoms with E-state index >= 15 is 0 Å². The van der Waals surface area contributed by atoms with Gasteiger partial charge in [-0.15, -0.1) is 0 Å². The van der Waals surface area contributed by atoms with E-state index < -0.39 is 0 Å². The number of nitrogens with one attached hydrogen (secondary N) is 1. The van der Waals surface area contributed by atoms with Crippen molar-refractivity contribution < 1.29 is 9.53 Å². The number of carbonyl (C=O) groups excluding carboxylic acids is 1. The summed E-state index contributed by atoms with van der Waals surface area (Å²) in [5.41, 5.74) is 3.24. The van der Waals surface area contributed by atoms with Crippen LogP contribution in [0.15, 0.2) is 12.2 Å². The molecule has 4 atom stereocenters. The summed E-state index contributed by atoms with van der Waals surface area (Å²) in [6.45, 7) is 6.91. The molecule has 0 saturated carbocycles. The van der Waals surface area contributed by atoms with Crippen LogP contribution in [0.3, 0.4) is 0 Å². The number of carbonyl (C=O) groups is 1. The fourth-order valence-electron chi connectivity index (χ4n) is 3.83. The lowest BCUT2D eigenvalue weighted by atomic mass is 9.83. The van der Waals surface area contributed by atoms with Gasteiger partial charge in [-0.3, -0.25) is 9.48 Å². The Balaban J connectivity index is 1.74. The molecule has 0 unspecified atom stereocenters. The van der Waals surface area contributed by atoms with E-state index in [-0.39, 0.29) is 24.0 Å². The Hall–Kier alpha value is -1.62. The van der Waals surface area contributed by atoms with Crippen LogP contribution in [0.25, 0.3) is 0 Å². The van der Waals surface area contributed by atoms with Crippen LogP contribution in [-0.2, 0) is 16.6 Å². The predicted octanol–water partition coefficient (Wildman–Crippen LogP) is 2.59. The second-order valence-electron chi connectivity index (χ2n) is 6.93. The molecule has 1 aliphatic carbocycles. The molecular formula is C18H27N3O2. The van der Waals surface area contributed by atoms with Crippen molar-refractivity contribution in [3.05, 3.63) is 29.1 Å². The highest BCUT2D eigenvalue weighted by atomic mass is 16.5. The molecule has 0 spiro atoms. The number of nitrogens with zero attached hydrogens (tertiary/aromatic N) is 2. The van der Waals surface area contributed by atoms with Gasteiger partial charge in [0.1, 0.15) is 6.10 Å². The Morgan fingerprint density at radius 1 is 1.35 bits per heavy atom. The van der Waals surface area contributed by atoms with Gasteiger partial charge in [-0.1, -0.05) is 19.1 Å². The largest absolute Gasteiger partial charge is 0.371 e. The van der Waals surface area contributed by atoms with E-state index in [2.05, 4.69) is 36.4 Å². The molecule has 5 nitrogen and oxygen atoms in total. The van der Waals surface area contributed by atoms with Crippen molar-refractivity contribution in [2.24, 2.45) is 18.9 Å². The molecule has 23 heavy (non-hydrogen) atoms. The molecule has 1 amide bonds. The van der Waals surface area contributed by atoms with E-state index in [9.17, 15) is 4.79 Å². The van der Waals surface area contributed by atoms with Gasteiger partial charge in [-0.2, -0.15) is 5.10 Å². The Morgan fingerprint density at radius 2 is 2.09 bits per heavy atom. The van der Waals surface area contributed by atoms with Crippen LogP contribution in [-0.4, -0.2) is 28.3 Å². The van der Waals surface area contributed by atoms with Crippen molar-refractivity contribution in [2.75, 3.05) is 6.61 Å². The Kier molecular flexibility index (Phi) is 4.57. The van der Waals surface area contributed by atoms with Gasteiger partial charge < -0.3 is 10.1 Å². The molecule has 1 saturated heterocycles. The standard InChI is InChI=1S/C18H27N3O2/c1-11-7-5-6-8-14(11)18(22)19-15-9-10-23-17(15)16-12(2)20-21(4)13(16)3/h5-6,11,14-15,17H,7-10H2,1-4H3,(H,19,22)/t11-,14-,15+,17+/m1/s1. The van der Waals surface area contributed by atoms with E-state index in [1.165, 1.54) is 0 Å². The molecule has 3 rings (SSSR count). The van der Waals surface area contributed by atoms with Crippen molar-refractivity contribution in [2.45, 2.75) is 52.2 Å². The summed E-state index contributed by atoms with van der Waals surface area (Å²) in [7, 11) is 1.95. The molecule has 1 fully saturated rings. The molecule has 1 aliphatic heterocycles. The summed E-state index contributed by atoms with van der Waals surface area (Å²) >= 11 is 0. The molecule has 1 aromatic heterocycles. The maximum atomic E-state index is 12.7. The number of ether oxygens (including phenoxy) is 1. The zero-order chi connectivity index (χ0) is 16.6. The van der Waals surface area contributed by atoms with Gasteiger partial charge in [-0.25, -0.2) is 0 Å². The predicted molar refractivity (Wildman–Crippen MR) is 89.0 cm³/mol. The van der Waals surface area contributed by atoms with Crippen LogP contribution in [0.2, 0.25) is 0 Å². The van der Waals surface area contributed by atoms with Gasteiger partial charge in [0.2, 0.25) is 5.91 Å². The number of aromatic nitrogens is 2. The number of rotatable bonds is 3. The van der Waals surface area contributed by atoms with Crippen molar-refractivity contribution in [3.8, 4) is 0 Å². The fraction of sp³-hybridized carbons (Fsp3) is 0.667. The highest BCUT2D eigenvalue weighted by Crippen LogP contribution is 2.34. The normalized spacial score (nSPS) is 30.6. The van der Waals surface area contributed by atoms with Crippen molar-refractivity contribution in [1.82, 2.24) is 15.1 Å². The van der Waals surface area contributed by atoms with E-state index in [4.69, 9.17) is 4.74 Å². The van der Waals surface area contributed by atoms with Gasteiger partial charge in [0.25, 0.3) is 0 Å². The van der Waals surface area contributed by atoms with Crippen molar-refractivity contribution in [3.63, 3.8) is 0 Å². The second kappa shape index (κ2) is 6.48.